The van der Waals surface area contributed by atoms with E-state index in [4.69, 9.17) is 5.26 Å². The molecule has 0 radical (unpaired) electrons. The van der Waals surface area contributed by atoms with E-state index in [1.165, 1.54) is 13.0 Å². The summed E-state index contributed by atoms with van der Waals surface area (Å²) in [5.41, 5.74) is -3.58. The molecule has 100 valence electrons. The van der Waals surface area contributed by atoms with Crippen molar-refractivity contribution in [2.24, 2.45) is 0 Å². The minimum absolute atomic E-state index is 0.114. The molecule has 0 amide bonds. The lowest BCUT2D eigenvalue weighted by molar-refractivity contribution is -0.138. The van der Waals surface area contributed by atoms with Crippen LogP contribution in [0.3, 0.4) is 0 Å². The van der Waals surface area contributed by atoms with Crippen LogP contribution in [0, 0.1) is 11.3 Å². The molecule has 0 aliphatic carbocycles. The van der Waals surface area contributed by atoms with Crippen LogP contribution in [0.4, 0.5) is 13.2 Å². The molecule has 0 N–H and O–H groups in total. The van der Waals surface area contributed by atoms with Gasteiger partial charge < -0.3 is 4.74 Å². The van der Waals surface area contributed by atoms with Crippen molar-refractivity contribution >= 4 is 12.3 Å². The summed E-state index contributed by atoms with van der Waals surface area (Å²) < 4.78 is 43.3. The van der Waals surface area contributed by atoms with Gasteiger partial charge in [0.1, 0.15) is 0 Å². The molecule has 0 atom stereocenters. The fourth-order valence-corrected chi connectivity index (χ4v) is 1.53. The van der Waals surface area contributed by atoms with Crippen LogP contribution in [0.15, 0.2) is 12.1 Å². The van der Waals surface area contributed by atoms with Crippen LogP contribution in [0.1, 0.15) is 38.8 Å². The zero-order valence-corrected chi connectivity index (χ0v) is 9.75. The number of carbonyl (C=O) groups is 2. The summed E-state index contributed by atoms with van der Waals surface area (Å²) in [5.74, 6) is -1.28. The zero-order valence-electron chi connectivity index (χ0n) is 9.75. The fourth-order valence-electron chi connectivity index (χ4n) is 1.53. The second-order valence-corrected chi connectivity index (χ2v) is 3.40. The summed E-state index contributed by atoms with van der Waals surface area (Å²) in [6, 6.07) is 3.17. The molecule has 0 fully saturated rings. The normalized spacial score (nSPS) is 10.7. The van der Waals surface area contributed by atoms with E-state index in [0.29, 0.717) is 0 Å². The Morgan fingerprint density at radius 1 is 1.47 bits per heavy atom. The van der Waals surface area contributed by atoms with Crippen LogP contribution in [0.5, 0.6) is 0 Å². The van der Waals surface area contributed by atoms with Crippen LogP contribution in [-0.2, 0) is 10.9 Å². The van der Waals surface area contributed by atoms with Crippen molar-refractivity contribution in [3.05, 3.63) is 34.4 Å². The van der Waals surface area contributed by atoms with Gasteiger partial charge in [-0.05, 0) is 19.1 Å². The van der Waals surface area contributed by atoms with Gasteiger partial charge in [0.05, 0.1) is 29.4 Å². The Balaban J connectivity index is 3.68. The van der Waals surface area contributed by atoms with Gasteiger partial charge in [-0.15, -0.1) is 0 Å². The SMILES string of the molecule is CCOC(=O)c1c(C=O)ccc(C#N)c1C(F)(F)F. The average molecular weight is 271 g/mol. The quantitative estimate of drug-likeness (QED) is 0.626. The Morgan fingerprint density at radius 3 is 2.53 bits per heavy atom. The molecule has 0 heterocycles. The van der Waals surface area contributed by atoms with E-state index in [1.807, 2.05) is 0 Å². The number of hydrogen-bond donors (Lipinski definition) is 0. The van der Waals surface area contributed by atoms with Crippen LogP contribution in [0.25, 0.3) is 0 Å². The number of esters is 1. The lowest BCUT2D eigenvalue weighted by Crippen LogP contribution is -2.19. The molecule has 19 heavy (non-hydrogen) atoms. The van der Waals surface area contributed by atoms with Crippen molar-refractivity contribution in [2.45, 2.75) is 13.1 Å². The summed E-state index contributed by atoms with van der Waals surface area (Å²) in [6.07, 6.45) is -4.82. The molecular formula is C12H8F3NO3. The summed E-state index contributed by atoms with van der Waals surface area (Å²) in [5, 5.41) is 8.69. The van der Waals surface area contributed by atoms with E-state index in [2.05, 4.69) is 4.74 Å². The molecule has 0 unspecified atom stereocenters. The van der Waals surface area contributed by atoms with E-state index >= 15 is 0 Å². The van der Waals surface area contributed by atoms with Gasteiger partial charge in [0.15, 0.2) is 6.29 Å². The van der Waals surface area contributed by atoms with Crippen molar-refractivity contribution in [2.75, 3.05) is 6.61 Å². The number of halogens is 3. The number of benzene rings is 1. The second-order valence-electron chi connectivity index (χ2n) is 3.40. The van der Waals surface area contributed by atoms with Gasteiger partial charge in [-0.25, -0.2) is 4.79 Å². The highest BCUT2D eigenvalue weighted by atomic mass is 19.4. The Hall–Kier alpha value is -2.36. The molecule has 0 aliphatic rings. The maximum Gasteiger partial charge on any atom is 0.418 e. The van der Waals surface area contributed by atoms with E-state index < -0.39 is 34.4 Å². The first kappa shape index (κ1) is 14.7. The predicted octanol–water partition coefficient (Wildman–Crippen LogP) is 2.57. The second kappa shape index (κ2) is 5.52. The summed E-state index contributed by atoms with van der Waals surface area (Å²) in [4.78, 5) is 22.3. The first-order valence-electron chi connectivity index (χ1n) is 5.13. The van der Waals surface area contributed by atoms with Crippen molar-refractivity contribution in [3.63, 3.8) is 0 Å². The highest BCUT2D eigenvalue weighted by Gasteiger charge is 2.40. The van der Waals surface area contributed by atoms with Gasteiger partial charge >= 0.3 is 12.1 Å². The third-order valence-corrected chi connectivity index (χ3v) is 2.25. The van der Waals surface area contributed by atoms with Crippen LogP contribution < -0.4 is 0 Å². The van der Waals surface area contributed by atoms with Crippen molar-refractivity contribution in [1.82, 2.24) is 0 Å². The third kappa shape index (κ3) is 2.91. The molecule has 1 rings (SSSR count). The molecular weight excluding hydrogens is 263 g/mol. The lowest BCUT2D eigenvalue weighted by Gasteiger charge is -2.15. The van der Waals surface area contributed by atoms with Gasteiger partial charge in [-0.2, -0.15) is 18.4 Å². The summed E-state index contributed by atoms with van der Waals surface area (Å²) in [6.45, 7) is 1.27. The van der Waals surface area contributed by atoms with E-state index in [1.54, 1.807) is 0 Å². The standard InChI is InChI=1S/C12H8F3NO3/c1-2-19-11(18)9-8(6-17)4-3-7(5-16)10(9)12(13,14)15/h3-4,6H,2H2,1H3. The minimum Gasteiger partial charge on any atom is -0.462 e. The number of aldehydes is 1. The molecule has 0 saturated carbocycles. The molecule has 0 saturated heterocycles. The van der Waals surface area contributed by atoms with Gasteiger partial charge in [-0.3, -0.25) is 4.79 Å². The molecule has 0 aliphatic heterocycles. The topological polar surface area (TPSA) is 67.2 Å². The highest BCUT2D eigenvalue weighted by molar-refractivity contribution is 6.00. The van der Waals surface area contributed by atoms with Gasteiger partial charge in [0.2, 0.25) is 0 Å². The Bertz CT molecular complexity index is 559. The van der Waals surface area contributed by atoms with Gasteiger partial charge in [-0.1, -0.05) is 0 Å². The number of rotatable bonds is 3. The van der Waals surface area contributed by atoms with Crippen LogP contribution >= 0.6 is 0 Å². The molecule has 1 aromatic rings. The Morgan fingerprint density at radius 2 is 2.11 bits per heavy atom. The van der Waals surface area contributed by atoms with Gasteiger partial charge in [0.25, 0.3) is 0 Å². The van der Waals surface area contributed by atoms with Crippen molar-refractivity contribution in [1.29, 1.82) is 5.26 Å². The highest BCUT2D eigenvalue weighted by Crippen LogP contribution is 2.36. The van der Waals surface area contributed by atoms with E-state index in [-0.39, 0.29) is 12.9 Å². The maximum absolute atomic E-state index is 12.9. The molecule has 0 spiro atoms. The minimum atomic E-state index is -4.94. The average Bonchev–Trinajstić information content (AvgIpc) is 2.36. The molecule has 1 aromatic carbocycles. The Labute approximate surface area is 106 Å². The van der Waals surface area contributed by atoms with Crippen LogP contribution in [0.2, 0.25) is 0 Å². The zero-order chi connectivity index (χ0) is 14.6. The van der Waals surface area contributed by atoms with Crippen molar-refractivity contribution in [3.8, 4) is 6.07 Å². The van der Waals surface area contributed by atoms with Crippen LogP contribution in [-0.4, -0.2) is 18.9 Å². The Kier molecular flexibility index (Phi) is 4.27. The van der Waals surface area contributed by atoms with E-state index in [0.717, 1.165) is 12.1 Å². The van der Waals surface area contributed by atoms with E-state index in [9.17, 15) is 22.8 Å². The van der Waals surface area contributed by atoms with Crippen molar-refractivity contribution < 1.29 is 27.5 Å². The number of alkyl halides is 3. The van der Waals surface area contributed by atoms with Gasteiger partial charge in [0, 0.05) is 5.56 Å². The summed E-state index contributed by atoms with van der Waals surface area (Å²) in [7, 11) is 0. The molecule has 4 nitrogen and oxygen atoms in total. The number of nitrogens with zero attached hydrogens (tertiary/aromatic N) is 1. The molecule has 0 bridgehead atoms. The fraction of sp³-hybridized carbons (Fsp3) is 0.250. The number of nitriles is 1. The first-order chi connectivity index (χ1) is 8.86. The molecule has 0 aromatic heterocycles. The summed E-state index contributed by atoms with van der Waals surface area (Å²) >= 11 is 0. The number of ether oxygens (including phenoxy) is 1. The lowest BCUT2D eigenvalue weighted by atomic mass is 9.96. The number of hydrogen-bond acceptors (Lipinski definition) is 4. The predicted molar refractivity (Wildman–Crippen MR) is 57.5 cm³/mol. The first-order valence-corrected chi connectivity index (χ1v) is 5.13. The maximum atomic E-state index is 12.9. The largest absolute Gasteiger partial charge is 0.462 e. The third-order valence-electron chi connectivity index (χ3n) is 2.25. The smallest absolute Gasteiger partial charge is 0.418 e. The number of carbonyl (C=O) groups excluding carboxylic acids is 2. The molecule has 7 heteroatoms. The monoisotopic (exact) mass is 271 g/mol.